The maximum Gasteiger partial charge on any atom is 0.562 e. The smallest absolute Gasteiger partial charge is 0.460 e. The Hall–Kier alpha value is -18.1. The van der Waals surface area contributed by atoms with Crippen molar-refractivity contribution in [2.24, 2.45) is 14.1 Å². The Kier molecular flexibility index (Phi) is 19.8. The molecular weight excluding hydrogens is 1690 g/mol. The van der Waals surface area contributed by atoms with Crippen LogP contribution in [0.5, 0.6) is 0 Å². The van der Waals surface area contributed by atoms with Gasteiger partial charge in [-0.25, -0.2) is 36.3 Å². The van der Waals surface area contributed by atoms with Crippen molar-refractivity contribution >= 4 is 166 Å². The van der Waals surface area contributed by atoms with Crippen molar-refractivity contribution in [2.45, 2.75) is 24.7 Å². The van der Waals surface area contributed by atoms with Crippen LogP contribution >= 0.6 is 0 Å². The van der Waals surface area contributed by atoms with Crippen LogP contribution in [0.1, 0.15) is 22.3 Å². The van der Waals surface area contributed by atoms with Crippen molar-refractivity contribution < 1.29 is 96.7 Å². The Balaban J connectivity index is 0.000000155. The molecule has 0 radical (unpaired) electrons. The van der Waals surface area contributed by atoms with E-state index in [2.05, 4.69) is 68.1 Å². The zero-order valence-corrected chi connectivity index (χ0v) is 62.1. The first-order valence-electron chi connectivity index (χ1n) is 34.7. The number of hydrogen-bond acceptors (Lipinski definition) is 6. The number of alkyl halides is 12. The Morgan fingerprint density at radius 1 is 0.286 bits per heavy atom. The van der Waals surface area contributed by atoms with Crippen LogP contribution in [0.25, 0.3) is 246 Å². The maximum atomic E-state index is 15.3. The standard InChI is InChI=1S/C40H12F12N4O2.C24H6F6N8.C24H8N4O2/c1-53-35(54-2)29-15-25-31-17(11-23(33(25)57-29)21-9-7-19(37(41,42)43)13-27(21)39(47,48)49)5-6-18-12-24(34-26(32(18)31)16-30(58-34)36(55-3)56-4)22-10-8-20(38(44,45)46)14-28(22)40(50,51)52;1-31-21(32-2)23-35-17-7-8-10(12(26)11(25)9(7)13(27)15(29)19(17)37(23)5)14(28)16(30)20-18(8)36-24(38(20)6)22(33-3)34-4;1-25-23(26-2)19-11-15-17(29-19)9-7-13-5-6-14-8-10-18-16(22(14)21(13)15)12-20(30-18)24(27-3)28-4/h5-16H;5-6H3;5-12H. The predicted molar refractivity (Wildman–Crippen MR) is 420 cm³/mol. The Bertz CT molecular complexity index is 8350. The molecule has 0 N–H and O–H groups in total. The SMILES string of the molecule is [C-]#[N+]C([N+]#[C-])=c1cc2c(ccc3ccc4ccc5oc(=C([N+]#[C-])[N+]#[C-])cc5c4c32)o1.[C-]#[N+]C([N+]#[C-])=c1cc2c(o1)c(-c1ccc(C(F)(F)F)cc1C(F)(F)F)cc1ccc3cc(-c4ccc(C(F)(F)F)cc4C(F)(F)F)c4oc(=C([N+]#[C-])[N+]#[C-])cc4c3c12.[C-]#[N+]C([N+]#[C-])=c1nc2c3c(c(F)c(F)c4c(F)c(F)c5c(nc(=C([N+]#[C-])[N+]#[C-])n5C)c43)c(F)c(F)c2n1C. The number of imidazole rings is 2. The van der Waals surface area contributed by atoms with Crippen molar-refractivity contribution in [2.75, 3.05) is 0 Å². The molecule has 0 atom stereocenters. The minimum Gasteiger partial charge on any atom is -0.460 e. The normalized spacial score (nSPS) is 11.6. The summed E-state index contributed by atoms with van der Waals surface area (Å²) in [6.45, 7) is 87.2. The molecular formula is C88H26F18N16O4. The minimum atomic E-state index is -5.36. The van der Waals surface area contributed by atoms with Crippen LogP contribution in [-0.4, -0.2) is 19.1 Å². The molecule has 0 bridgehead atoms. The fraction of sp³-hybridized carbons (Fsp3) is 0.0682. The second-order valence-corrected chi connectivity index (χ2v) is 26.8. The number of benzene rings is 11. The van der Waals surface area contributed by atoms with E-state index in [4.69, 9.17) is 96.5 Å². The molecule has 0 unspecified atom stereocenters. The Labute approximate surface area is 687 Å². The van der Waals surface area contributed by atoms with Crippen LogP contribution < -0.4 is 32.6 Å². The summed E-state index contributed by atoms with van der Waals surface area (Å²) in [4.78, 5) is 45.3. The predicted octanol–water partition coefficient (Wildman–Crippen LogP) is 22.4. The number of halogens is 18. The van der Waals surface area contributed by atoms with Gasteiger partial charge in [0.15, 0.2) is 34.9 Å². The van der Waals surface area contributed by atoms with E-state index in [1.165, 1.54) is 12.1 Å². The van der Waals surface area contributed by atoms with Gasteiger partial charge in [-0.15, -0.1) is 0 Å². The number of rotatable bonds is 2. The van der Waals surface area contributed by atoms with E-state index in [0.29, 0.717) is 35.4 Å². The highest BCUT2D eigenvalue weighted by molar-refractivity contribution is 6.31. The molecule has 17 rings (SSSR count). The lowest BCUT2D eigenvalue weighted by molar-refractivity contribution is -0.144. The lowest BCUT2D eigenvalue weighted by Crippen LogP contribution is -2.17. The van der Waals surface area contributed by atoms with Crippen LogP contribution in [0.2, 0.25) is 0 Å². The average molecular weight is 1710 g/mol. The van der Waals surface area contributed by atoms with E-state index in [1.54, 1.807) is 12.1 Å². The minimum absolute atomic E-state index is 0.0422. The summed E-state index contributed by atoms with van der Waals surface area (Å²) >= 11 is 0. The molecule has 38 heteroatoms. The van der Waals surface area contributed by atoms with Crippen LogP contribution in [0.15, 0.2) is 139 Å². The number of furan rings is 4. The molecule has 0 fully saturated rings. The average Bonchev–Trinajstić information content (AvgIpc) is 1.48. The fourth-order valence-corrected chi connectivity index (χ4v) is 15.0. The van der Waals surface area contributed by atoms with E-state index >= 15 is 26.3 Å². The van der Waals surface area contributed by atoms with Gasteiger partial charge in [-0.1, -0.05) is 48.5 Å². The van der Waals surface area contributed by atoms with Gasteiger partial charge < -0.3 is 26.8 Å². The molecule has 0 aliphatic heterocycles. The molecule has 0 spiro atoms. The van der Waals surface area contributed by atoms with Gasteiger partial charge in [0.25, 0.3) is 0 Å². The lowest BCUT2D eigenvalue weighted by atomic mass is 9.88. The summed E-state index contributed by atoms with van der Waals surface area (Å²) in [5, 5.41) is 1.18. The summed E-state index contributed by atoms with van der Waals surface area (Å²) < 4.78 is 285. The highest BCUT2D eigenvalue weighted by Gasteiger charge is 2.42. The van der Waals surface area contributed by atoms with E-state index in [9.17, 15) is 52.7 Å². The highest BCUT2D eigenvalue weighted by atomic mass is 19.4. The molecule has 0 saturated heterocycles. The topological polar surface area (TPSA) is 141 Å². The van der Waals surface area contributed by atoms with Gasteiger partial charge in [0.1, 0.15) is 112 Å². The van der Waals surface area contributed by atoms with Gasteiger partial charge in [0.2, 0.25) is 32.6 Å². The molecule has 17 aromatic rings. The fourth-order valence-electron chi connectivity index (χ4n) is 15.0. The van der Waals surface area contributed by atoms with Gasteiger partial charge in [0, 0.05) is 79.1 Å². The first kappa shape index (κ1) is 83.0. The van der Waals surface area contributed by atoms with E-state index < -0.39 is 204 Å². The summed E-state index contributed by atoms with van der Waals surface area (Å²) in [7, 11) is 2.28. The summed E-state index contributed by atoms with van der Waals surface area (Å²) in [5.74, 6) is -14.2. The van der Waals surface area contributed by atoms with Crippen LogP contribution in [0.4, 0.5) is 79.0 Å². The monoisotopic (exact) mass is 1710 g/mol. The van der Waals surface area contributed by atoms with Crippen molar-refractivity contribution in [1.29, 1.82) is 0 Å². The van der Waals surface area contributed by atoms with Gasteiger partial charge in [-0.05, 0) is 105 Å². The van der Waals surface area contributed by atoms with Crippen LogP contribution in [0.3, 0.4) is 0 Å². The van der Waals surface area contributed by atoms with Crippen molar-refractivity contribution in [3.8, 4) is 22.3 Å². The van der Waals surface area contributed by atoms with Crippen molar-refractivity contribution in [3.63, 3.8) is 0 Å². The van der Waals surface area contributed by atoms with Gasteiger partial charge in [-0.2, -0.15) is 111 Å². The first-order chi connectivity index (χ1) is 59.8. The summed E-state index contributed by atoms with van der Waals surface area (Å²) in [6.07, 6.45) is -21.1. The zero-order valence-electron chi connectivity index (χ0n) is 62.1. The van der Waals surface area contributed by atoms with Crippen molar-refractivity contribution in [3.05, 3.63) is 348 Å². The number of fused-ring (bicyclic) bond motifs is 21. The molecule has 0 aliphatic rings. The number of hydrogen-bond donors (Lipinski definition) is 0. The molecule has 0 amide bonds. The highest BCUT2D eigenvalue weighted by Crippen LogP contribution is 2.51. The van der Waals surface area contributed by atoms with Gasteiger partial charge in [0.05, 0.1) is 44.1 Å². The number of aromatic nitrogens is 4. The number of nitrogens with zero attached hydrogens (tertiary/aromatic N) is 16. The molecule has 0 aliphatic carbocycles. The number of aryl methyl sites for hydroxylation is 2. The lowest BCUT2D eigenvalue weighted by Gasteiger charge is -2.18. The third-order valence-corrected chi connectivity index (χ3v) is 20.2. The Morgan fingerprint density at radius 2 is 0.563 bits per heavy atom. The molecule has 0 saturated carbocycles. The van der Waals surface area contributed by atoms with Gasteiger partial charge in [-0.3, -0.25) is 0 Å². The van der Waals surface area contributed by atoms with E-state index in [1.807, 2.05) is 36.4 Å². The quantitative estimate of drug-likeness (QED) is 0.0959. The Morgan fingerprint density at radius 3 is 0.865 bits per heavy atom. The molecule has 6 aromatic heterocycles. The van der Waals surface area contributed by atoms with E-state index in [-0.39, 0.29) is 66.9 Å². The molecule has 6 heterocycles. The van der Waals surface area contributed by atoms with Gasteiger partial charge >= 0.3 is 59.6 Å². The third kappa shape index (κ3) is 13.0. The molecule has 608 valence electrons. The molecule has 126 heavy (non-hydrogen) atoms. The van der Waals surface area contributed by atoms with Crippen LogP contribution in [0, 0.1) is 114 Å². The molecule has 20 nitrogen and oxygen atoms in total. The summed E-state index contributed by atoms with van der Waals surface area (Å²) in [5.41, 5.74) is -12.8. The molecule has 11 aromatic carbocycles. The third-order valence-electron chi connectivity index (χ3n) is 20.2. The van der Waals surface area contributed by atoms with Crippen molar-refractivity contribution in [1.82, 2.24) is 19.1 Å². The van der Waals surface area contributed by atoms with Crippen LogP contribution in [-0.2, 0) is 38.8 Å². The maximum absolute atomic E-state index is 15.3. The summed E-state index contributed by atoms with van der Waals surface area (Å²) in [6, 6.07) is 23.8. The van der Waals surface area contributed by atoms with E-state index in [0.717, 1.165) is 79.8 Å². The largest absolute Gasteiger partial charge is 0.562 e. The second-order valence-electron chi connectivity index (χ2n) is 26.8. The zero-order chi connectivity index (χ0) is 90.9. The second kappa shape index (κ2) is 30.0. The first-order valence-corrected chi connectivity index (χ1v) is 34.7.